The van der Waals surface area contributed by atoms with Gasteiger partial charge >= 0.3 is 0 Å². The molecule has 1 N–H and O–H groups in total. The van der Waals surface area contributed by atoms with Gasteiger partial charge in [0, 0.05) is 18.8 Å². The number of quaternary nitrogens is 1. The monoisotopic (exact) mass is 314 g/mol. The Morgan fingerprint density at radius 2 is 1.89 bits per heavy atom. The van der Waals surface area contributed by atoms with Crippen molar-refractivity contribution in [2.45, 2.75) is 25.8 Å². The number of rotatable bonds is 9. The summed E-state index contributed by atoms with van der Waals surface area (Å²) in [6.45, 7) is 5.61. The second-order valence-electron chi connectivity index (χ2n) is 6.67. The minimum Gasteiger partial charge on any atom is -0.330 e. The molecule has 0 bridgehead atoms. The summed E-state index contributed by atoms with van der Waals surface area (Å²) in [6, 6.07) is 0. The Hall–Kier alpha value is 0.360. The smallest absolute Gasteiger partial charge is 0.272 e. The van der Waals surface area contributed by atoms with Crippen molar-refractivity contribution in [3.05, 3.63) is 0 Å². The van der Waals surface area contributed by atoms with E-state index in [4.69, 9.17) is 16.3 Å². The van der Waals surface area contributed by atoms with Crippen LogP contribution in [-0.4, -0.2) is 69.2 Å². The van der Waals surface area contributed by atoms with Crippen LogP contribution < -0.4 is 4.84 Å². The number of hydrogen-bond acceptors (Lipinski definition) is 3. The van der Waals surface area contributed by atoms with Crippen LogP contribution in [0.5, 0.6) is 0 Å². The molecule has 5 nitrogen and oxygen atoms in total. The highest BCUT2D eigenvalue weighted by atomic mass is 35.5. The quantitative estimate of drug-likeness (QED) is 0.403. The molecule has 0 radical (unpaired) electrons. The van der Waals surface area contributed by atoms with Crippen LogP contribution in [0.25, 0.3) is 0 Å². The Labute approximate surface area is 123 Å². The lowest BCUT2D eigenvalue weighted by Gasteiger charge is -2.32. The molecule has 1 atom stereocenters. The molecule has 1 unspecified atom stereocenters. The molecule has 0 amide bonds. The first-order chi connectivity index (χ1) is 8.46. The van der Waals surface area contributed by atoms with Gasteiger partial charge in [-0.1, -0.05) is 0 Å². The van der Waals surface area contributed by atoms with E-state index in [0.717, 1.165) is 17.6 Å². The zero-order valence-corrected chi connectivity index (χ0v) is 15.0. The second-order valence-corrected chi connectivity index (χ2v) is 9.63. The fourth-order valence-electron chi connectivity index (χ4n) is 1.47. The zero-order valence-electron chi connectivity index (χ0n) is 13.4. The highest BCUT2D eigenvalue weighted by Gasteiger charge is 2.31. The Morgan fingerprint density at radius 3 is 2.26 bits per heavy atom. The molecule has 0 rings (SSSR count). The zero-order chi connectivity index (χ0) is 15.3. The van der Waals surface area contributed by atoms with E-state index in [1.165, 1.54) is 7.11 Å². The van der Waals surface area contributed by atoms with Gasteiger partial charge in [-0.3, -0.25) is 4.57 Å². The molecule has 0 saturated carbocycles. The SMILES string of the molecule is COP(=O)(CCC(C)(C)NCl)N(C)CC[N+](C)(C)C. The third-order valence-electron chi connectivity index (χ3n) is 3.18. The van der Waals surface area contributed by atoms with Gasteiger partial charge in [-0.15, -0.1) is 0 Å². The van der Waals surface area contributed by atoms with Crippen molar-refractivity contribution in [1.29, 1.82) is 0 Å². The molecule has 0 aliphatic rings. The molecule has 0 aromatic rings. The van der Waals surface area contributed by atoms with Crippen molar-refractivity contribution in [2.24, 2.45) is 0 Å². The van der Waals surface area contributed by atoms with E-state index >= 15 is 0 Å². The Bertz CT molecular complexity index is 319. The van der Waals surface area contributed by atoms with Gasteiger partial charge in [0.15, 0.2) is 0 Å². The predicted octanol–water partition coefficient (Wildman–Crippen LogP) is 2.38. The minimum atomic E-state index is -2.76. The van der Waals surface area contributed by atoms with Crippen molar-refractivity contribution < 1.29 is 13.6 Å². The predicted molar refractivity (Wildman–Crippen MR) is 82.7 cm³/mol. The van der Waals surface area contributed by atoms with Gasteiger partial charge in [0.25, 0.3) is 7.52 Å². The van der Waals surface area contributed by atoms with E-state index in [0.29, 0.717) is 12.6 Å². The standard InChI is InChI=1S/C12H30ClN3O2P/c1-12(2,14-13)8-11-19(17,18-7)15(3)9-10-16(4,5)6/h14H,8-11H2,1-7H3/q+1. The first-order valence-corrected chi connectivity index (χ1v) is 8.64. The largest absolute Gasteiger partial charge is 0.330 e. The normalized spacial score (nSPS) is 16.7. The summed E-state index contributed by atoms with van der Waals surface area (Å²) in [5.41, 5.74) is -0.253. The van der Waals surface area contributed by atoms with Crippen molar-refractivity contribution in [1.82, 2.24) is 9.51 Å². The van der Waals surface area contributed by atoms with Crippen LogP contribution in [0.1, 0.15) is 20.3 Å². The van der Waals surface area contributed by atoms with Gasteiger partial charge < -0.3 is 9.01 Å². The van der Waals surface area contributed by atoms with Crippen LogP contribution in [-0.2, 0) is 9.09 Å². The van der Waals surface area contributed by atoms with Crippen LogP contribution >= 0.6 is 19.3 Å². The summed E-state index contributed by atoms with van der Waals surface area (Å²) in [6.07, 6.45) is 1.18. The summed E-state index contributed by atoms with van der Waals surface area (Å²) in [7, 11) is 6.97. The maximum absolute atomic E-state index is 12.8. The minimum absolute atomic E-state index is 0.253. The van der Waals surface area contributed by atoms with Crippen LogP contribution in [0.3, 0.4) is 0 Å². The third kappa shape index (κ3) is 7.64. The maximum Gasteiger partial charge on any atom is 0.272 e. The number of nitrogens with zero attached hydrogens (tertiary/aromatic N) is 2. The third-order valence-corrected chi connectivity index (χ3v) is 6.29. The molecular weight excluding hydrogens is 285 g/mol. The molecule has 0 saturated heterocycles. The molecule has 0 aromatic carbocycles. The average Bonchev–Trinajstić information content (AvgIpc) is 2.32. The van der Waals surface area contributed by atoms with Crippen LogP contribution in [0.4, 0.5) is 0 Å². The van der Waals surface area contributed by atoms with E-state index in [1.54, 1.807) is 0 Å². The molecule has 116 valence electrons. The maximum atomic E-state index is 12.8. The van der Waals surface area contributed by atoms with Gasteiger partial charge in [0.05, 0.1) is 34.2 Å². The Morgan fingerprint density at radius 1 is 1.37 bits per heavy atom. The average molecular weight is 315 g/mol. The lowest BCUT2D eigenvalue weighted by Crippen LogP contribution is -2.41. The summed E-state index contributed by atoms with van der Waals surface area (Å²) < 4.78 is 20.8. The molecule has 0 fully saturated rings. The summed E-state index contributed by atoms with van der Waals surface area (Å²) in [5.74, 6) is 0. The van der Waals surface area contributed by atoms with Gasteiger partial charge in [-0.05, 0) is 39.1 Å². The first-order valence-electron chi connectivity index (χ1n) is 6.50. The van der Waals surface area contributed by atoms with Gasteiger partial charge in [0.2, 0.25) is 0 Å². The molecule has 0 aromatic heterocycles. The van der Waals surface area contributed by atoms with E-state index < -0.39 is 7.52 Å². The number of nitrogens with one attached hydrogen (secondary N) is 1. The van der Waals surface area contributed by atoms with Crippen molar-refractivity contribution in [3.63, 3.8) is 0 Å². The van der Waals surface area contributed by atoms with E-state index in [9.17, 15) is 4.57 Å². The molecule has 0 heterocycles. The highest BCUT2D eigenvalue weighted by molar-refractivity contribution is 7.56. The molecule has 7 heteroatoms. The van der Waals surface area contributed by atoms with E-state index in [1.807, 2.05) is 25.6 Å². The van der Waals surface area contributed by atoms with Crippen molar-refractivity contribution in [2.75, 3.05) is 54.6 Å². The van der Waals surface area contributed by atoms with Crippen LogP contribution in [0, 0.1) is 0 Å². The van der Waals surface area contributed by atoms with E-state index in [2.05, 4.69) is 26.0 Å². The van der Waals surface area contributed by atoms with Crippen molar-refractivity contribution in [3.8, 4) is 0 Å². The topological polar surface area (TPSA) is 41.6 Å². The fraction of sp³-hybridized carbons (Fsp3) is 1.00. The van der Waals surface area contributed by atoms with Gasteiger partial charge in [-0.2, -0.15) is 0 Å². The summed E-state index contributed by atoms with van der Waals surface area (Å²) >= 11 is 5.67. The van der Waals surface area contributed by atoms with Gasteiger partial charge in [0.1, 0.15) is 0 Å². The molecule has 0 aliphatic carbocycles. The Kier molecular flexibility index (Phi) is 7.53. The van der Waals surface area contributed by atoms with Crippen molar-refractivity contribution >= 4 is 19.3 Å². The van der Waals surface area contributed by atoms with Gasteiger partial charge in [-0.25, -0.2) is 9.51 Å². The van der Waals surface area contributed by atoms with Crippen LogP contribution in [0.15, 0.2) is 0 Å². The summed E-state index contributed by atoms with van der Waals surface area (Å²) in [5, 5.41) is 0. The molecule has 0 aliphatic heterocycles. The second kappa shape index (κ2) is 7.39. The first kappa shape index (κ1) is 19.4. The number of likely N-dealkylation sites (N-methyl/N-ethyl adjacent to an activating group) is 2. The molecule has 0 spiro atoms. The van der Waals surface area contributed by atoms with E-state index in [-0.39, 0.29) is 5.54 Å². The molecule has 19 heavy (non-hydrogen) atoms. The lowest BCUT2D eigenvalue weighted by atomic mass is 10.0. The number of halogens is 1. The summed E-state index contributed by atoms with van der Waals surface area (Å²) in [4.78, 5) is 2.71. The van der Waals surface area contributed by atoms with Crippen LogP contribution in [0.2, 0.25) is 0 Å². The Balaban J connectivity index is 4.55. The highest BCUT2D eigenvalue weighted by Crippen LogP contribution is 2.50. The molecular formula is C12H30ClN3O2P+. The number of hydrogen-bond donors (Lipinski definition) is 1. The fourth-order valence-corrected chi connectivity index (χ4v) is 3.60. The lowest BCUT2D eigenvalue weighted by molar-refractivity contribution is -0.869.